The van der Waals surface area contributed by atoms with Gasteiger partial charge in [-0.3, -0.25) is 4.79 Å². The van der Waals surface area contributed by atoms with E-state index in [0.29, 0.717) is 16.5 Å². The molecule has 0 amide bonds. The monoisotopic (exact) mass is 268 g/mol. The smallest absolute Gasteiger partial charge is 0.239 e. The summed E-state index contributed by atoms with van der Waals surface area (Å²) in [6.07, 6.45) is 0. The number of carbonyl (C=O) groups excluding carboxylic acids is 1. The van der Waals surface area contributed by atoms with Gasteiger partial charge in [0.2, 0.25) is 9.45 Å². The fourth-order valence-electron chi connectivity index (χ4n) is 0.908. The Morgan fingerprint density at radius 2 is 1.79 bits per heavy atom. The zero-order chi connectivity index (χ0) is 10.8. The molecule has 1 aromatic carbocycles. The second kappa shape index (κ2) is 4.75. The first-order valence-electron chi connectivity index (χ1n) is 3.76. The maximum Gasteiger partial charge on any atom is 0.239 e. The Balaban J connectivity index is 2.96. The first-order chi connectivity index (χ1) is 6.47. The van der Waals surface area contributed by atoms with E-state index in [1.165, 1.54) is 0 Å². The molecule has 0 aliphatic carbocycles. The van der Waals surface area contributed by atoms with Crippen molar-refractivity contribution in [2.45, 2.75) is 10.6 Å². The molecule has 0 unspecified atom stereocenters. The van der Waals surface area contributed by atoms with Gasteiger partial charge in [-0.15, -0.1) is 0 Å². The molecule has 0 aromatic heterocycles. The largest absolute Gasteiger partial charge is 0.290 e. The summed E-state index contributed by atoms with van der Waals surface area (Å²) in [5.41, 5.74) is 1.52. The van der Waals surface area contributed by atoms with Crippen molar-refractivity contribution >= 4 is 50.6 Å². The van der Waals surface area contributed by atoms with Crippen LogP contribution in [0.3, 0.4) is 0 Å². The highest BCUT2D eigenvalue weighted by Crippen LogP contribution is 2.40. The molecule has 0 aliphatic rings. The molecule has 0 fully saturated rings. The molecule has 0 saturated carbocycles. The quantitative estimate of drug-likeness (QED) is 0.604. The van der Waals surface area contributed by atoms with Gasteiger partial charge in [0.25, 0.3) is 0 Å². The molecule has 1 nitrogen and oxygen atoms in total. The standard InChI is InChI=1S/C9H7Cl3OS/c1-6-2-4-7(5-3-6)8(13)9(10,11)14-12/h2-5H,1H3. The highest BCUT2D eigenvalue weighted by atomic mass is 35.7. The molecule has 1 aromatic rings. The van der Waals surface area contributed by atoms with Crippen molar-refractivity contribution in [3.63, 3.8) is 0 Å². The molecule has 0 atom stereocenters. The molecule has 0 saturated heterocycles. The summed E-state index contributed by atoms with van der Waals surface area (Å²) in [6, 6.07) is 6.97. The minimum absolute atomic E-state index is 0.402. The van der Waals surface area contributed by atoms with E-state index in [1.807, 2.05) is 19.1 Å². The lowest BCUT2D eigenvalue weighted by Crippen LogP contribution is -2.20. The van der Waals surface area contributed by atoms with E-state index >= 15 is 0 Å². The molecule has 0 bridgehead atoms. The van der Waals surface area contributed by atoms with Crippen LogP contribution in [0.1, 0.15) is 15.9 Å². The maximum absolute atomic E-state index is 11.6. The van der Waals surface area contributed by atoms with E-state index in [1.54, 1.807) is 12.1 Å². The Kier molecular flexibility index (Phi) is 4.14. The van der Waals surface area contributed by atoms with Crippen LogP contribution >= 0.6 is 44.9 Å². The highest BCUT2D eigenvalue weighted by molar-refractivity contribution is 8.24. The molecular formula is C9H7Cl3OS. The zero-order valence-electron chi connectivity index (χ0n) is 7.26. The van der Waals surface area contributed by atoms with Gasteiger partial charge in [0.15, 0.2) is 0 Å². The maximum atomic E-state index is 11.6. The molecule has 0 aliphatic heterocycles. The Bertz CT molecular complexity index is 334. The molecule has 0 spiro atoms. The van der Waals surface area contributed by atoms with Crippen LogP contribution in [0.4, 0.5) is 0 Å². The number of hydrogen-bond donors (Lipinski definition) is 0. The molecule has 0 N–H and O–H groups in total. The van der Waals surface area contributed by atoms with Crippen LogP contribution in [0.5, 0.6) is 0 Å². The SMILES string of the molecule is Cc1ccc(C(=O)C(Cl)(Cl)SCl)cc1. The topological polar surface area (TPSA) is 17.1 Å². The van der Waals surface area contributed by atoms with E-state index in [9.17, 15) is 4.79 Å². The fraction of sp³-hybridized carbons (Fsp3) is 0.222. The molecule has 0 radical (unpaired) electrons. The molecular weight excluding hydrogens is 263 g/mol. The van der Waals surface area contributed by atoms with Gasteiger partial charge < -0.3 is 0 Å². The molecule has 5 heteroatoms. The summed E-state index contributed by atoms with van der Waals surface area (Å²) in [7, 11) is 5.99. The lowest BCUT2D eigenvalue weighted by atomic mass is 10.1. The van der Waals surface area contributed by atoms with Gasteiger partial charge in [0, 0.05) is 5.56 Å². The molecule has 1 rings (SSSR count). The Labute approximate surface area is 101 Å². The molecule has 76 valence electrons. The summed E-state index contributed by atoms with van der Waals surface area (Å²) >= 11 is 11.4. The van der Waals surface area contributed by atoms with Crippen LogP contribution in [-0.2, 0) is 0 Å². The van der Waals surface area contributed by atoms with E-state index < -0.39 is 9.45 Å². The summed E-state index contributed by atoms with van der Waals surface area (Å²) in [4.78, 5) is 11.6. The van der Waals surface area contributed by atoms with Crippen LogP contribution in [0.25, 0.3) is 0 Å². The van der Waals surface area contributed by atoms with Crippen LogP contribution in [0.15, 0.2) is 24.3 Å². The van der Waals surface area contributed by atoms with Crippen LogP contribution < -0.4 is 0 Å². The van der Waals surface area contributed by atoms with Gasteiger partial charge in [0.05, 0.1) is 0 Å². The number of rotatable bonds is 3. The number of carbonyl (C=O) groups is 1. The third-order valence-corrected chi connectivity index (χ3v) is 4.03. The predicted octanol–water partition coefficient (Wildman–Crippen LogP) is 4.20. The molecule has 0 heterocycles. The van der Waals surface area contributed by atoms with E-state index in [0.717, 1.165) is 5.56 Å². The Morgan fingerprint density at radius 1 is 1.29 bits per heavy atom. The van der Waals surface area contributed by atoms with E-state index in [-0.39, 0.29) is 0 Å². The zero-order valence-corrected chi connectivity index (χ0v) is 10.3. The lowest BCUT2D eigenvalue weighted by molar-refractivity contribution is 0.0999. The second-order valence-corrected chi connectivity index (χ2v) is 5.79. The number of alkyl halides is 2. The van der Waals surface area contributed by atoms with Crippen molar-refractivity contribution in [1.29, 1.82) is 0 Å². The van der Waals surface area contributed by atoms with Crippen LogP contribution in [0.2, 0.25) is 0 Å². The van der Waals surface area contributed by atoms with Gasteiger partial charge in [-0.2, -0.15) is 0 Å². The molecule has 14 heavy (non-hydrogen) atoms. The van der Waals surface area contributed by atoms with Crippen molar-refractivity contribution in [2.75, 3.05) is 0 Å². The average molecular weight is 270 g/mol. The predicted molar refractivity (Wildman–Crippen MR) is 63.4 cm³/mol. The Morgan fingerprint density at radius 3 is 2.21 bits per heavy atom. The number of ketones is 1. The van der Waals surface area contributed by atoms with E-state index in [4.69, 9.17) is 33.9 Å². The van der Waals surface area contributed by atoms with Crippen LogP contribution in [0, 0.1) is 6.92 Å². The van der Waals surface area contributed by atoms with Crippen molar-refractivity contribution in [2.24, 2.45) is 0 Å². The number of benzene rings is 1. The first kappa shape index (κ1) is 12.2. The number of hydrogen-bond acceptors (Lipinski definition) is 2. The third-order valence-electron chi connectivity index (χ3n) is 1.67. The normalized spacial score (nSPS) is 11.4. The average Bonchev–Trinajstić information content (AvgIpc) is 2.18. The number of aryl methyl sites for hydroxylation is 1. The van der Waals surface area contributed by atoms with Gasteiger partial charge >= 0.3 is 0 Å². The third kappa shape index (κ3) is 2.80. The van der Waals surface area contributed by atoms with Gasteiger partial charge in [-0.1, -0.05) is 53.0 Å². The second-order valence-electron chi connectivity index (χ2n) is 2.79. The summed E-state index contributed by atoms with van der Waals surface area (Å²) < 4.78 is -1.61. The van der Waals surface area contributed by atoms with Crippen molar-refractivity contribution < 1.29 is 4.79 Å². The fourth-order valence-corrected chi connectivity index (χ4v) is 1.52. The van der Waals surface area contributed by atoms with Crippen molar-refractivity contribution in [3.8, 4) is 0 Å². The van der Waals surface area contributed by atoms with Crippen molar-refractivity contribution in [3.05, 3.63) is 35.4 Å². The van der Waals surface area contributed by atoms with Gasteiger partial charge in [-0.05, 0) is 28.6 Å². The summed E-state index contributed by atoms with van der Waals surface area (Å²) in [5.74, 6) is -0.402. The van der Waals surface area contributed by atoms with Gasteiger partial charge in [-0.25, -0.2) is 0 Å². The minimum atomic E-state index is -1.61. The summed E-state index contributed by atoms with van der Waals surface area (Å²) in [6.45, 7) is 1.93. The number of halogens is 3. The van der Waals surface area contributed by atoms with Crippen molar-refractivity contribution in [1.82, 2.24) is 0 Å². The Hall–Kier alpha value is 0.110. The van der Waals surface area contributed by atoms with Gasteiger partial charge in [0.1, 0.15) is 0 Å². The van der Waals surface area contributed by atoms with Crippen LogP contribution in [-0.4, -0.2) is 9.45 Å². The first-order valence-corrected chi connectivity index (χ1v) is 6.16. The number of Topliss-reactive ketones (excluding diaryl/α,β-unsaturated/α-hetero) is 1. The summed E-state index contributed by atoms with van der Waals surface area (Å²) in [5, 5.41) is 0. The lowest BCUT2D eigenvalue weighted by Gasteiger charge is -2.13. The highest BCUT2D eigenvalue weighted by Gasteiger charge is 2.34. The van der Waals surface area contributed by atoms with E-state index in [2.05, 4.69) is 0 Å². The minimum Gasteiger partial charge on any atom is -0.290 e.